The topological polar surface area (TPSA) is 60.2 Å². The smallest absolute Gasteiger partial charge is 0.253 e. The minimum atomic E-state index is -0.139. The Morgan fingerprint density at radius 1 is 1.15 bits per heavy atom. The summed E-state index contributed by atoms with van der Waals surface area (Å²) in [5, 5.41) is 11.1. The predicted octanol–water partition coefficient (Wildman–Crippen LogP) is 2.67. The van der Waals surface area contributed by atoms with E-state index in [4.69, 9.17) is 9.15 Å². The summed E-state index contributed by atoms with van der Waals surface area (Å²) in [4.78, 5) is 0. The highest BCUT2D eigenvalue weighted by Gasteiger charge is 2.21. The van der Waals surface area contributed by atoms with Gasteiger partial charge in [-0.1, -0.05) is 32.9 Å². The fraction of sp³-hybridized carbons (Fsp3) is 0.467. The fourth-order valence-corrected chi connectivity index (χ4v) is 1.67. The Morgan fingerprint density at radius 2 is 1.85 bits per heavy atom. The Balaban J connectivity index is 1.93. The minimum absolute atomic E-state index is 0.139. The molecule has 0 aliphatic carbocycles. The average molecular weight is 275 g/mol. The van der Waals surface area contributed by atoms with Crippen molar-refractivity contribution in [2.45, 2.75) is 39.3 Å². The van der Waals surface area contributed by atoms with Gasteiger partial charge < -0.3 is 14.5 Å². The molecule has 108 valence electrons. The summed E-state index contributed by atoms with van der Waals surface area (Å²) in [6.07, 6.45) is 0. The van der Waals surface area contributed by atoms with Gasteiger partial charge in [0.25, 0.3) is 5.89 Å². The van der Waals surface area contributed by atoms with Gasteiger partial charge in [-0.15, -0.1) is 10.2 Å². The SMILES string of the molecule is CNCc1ccc(OCc2nnc(C(C)(C)C)o2)cc1. The normalized spacial score (nSPS) is 11.6. The summed E-state index contributed by atoms with van der Waals surface area (Å²) in [7, 11) is 1.92. The van der Waals surface area contributed by atoms with E-state index < -0.39 is 0 Å². The minimum Gasteiger partial charge on any atom is -0.484 e. The van der Waals surface area contributed by atoms with Crippen LogP contribution in [-0.4, -0.2) is 17.2 Å². The molecular formula is C15H21N3O2. The molecule has 1 heterocycles. The van der Waals surface area contributed by atoms with Gasteiger partial charge in [0.1, 0.15) is 5.75 Å². The summed E-state index contributed by atoms with van der Waals surface area (Å²) in [6, 6.07) is 7.93. The van der Waals surface area contributed by atoms with Crippen molar-refractivity contribution in [3.63, 3.8) is 0 Å². The van der Waals surface area contributed by atoms with Crippen LogP contribution in [0.25, 0.3) is 0 Å². The van der Waals surface area contributed by atoms with E-state index in [1.165, 1.54) is 5.56 Å². The first kappa shape index (κ1) is 14.5. The van der Waals surface area contributed by atoms with Gasteiger partial charge in [0, 0.05) is 12.0 Å². The van der Waals surface area contributed by atoms with Gasteiger partial charge in [-0.3, -0.25) is 0 Å². The van der Waals surface area contributed by atoms with Crippen LogP contribution >= 0.6 is 0 Å². The molecule has 0 atom stereocenters. The molecule has 5 heteroatoms. The number of hydrogen-bond donors (Lipinski definition) is 1. The Hall–Kier alpha value is -1.88. The molecule has 20 heavy (non-hydrogen) atoms. The molecule has 0 amide bonds. The van der Waals surface area contributed by atoms with Crippen LogP contribution in [0.2, 0.25) is 0 Å². The van der Waals surface area contributed by atoms with Crippen LogP contribution in [0.5, 0.6) is 5.75 Å². The van der Waals surface area contributed by atoms with Crippen molar-refractivity contribution < 1.29 is 9.15 Å². The van der Waals surface area contributed by atoms with Crippen molar-refractivity contribution in [2.24, 2.45) is 0 Å². The average Bonchev–Trinajstić information content (AvgIpc) is 2.87. The molecular weight excluding hydrogens is 254 g/mol. The van der Waals surface area contributed by atoms with Crippen LogP contribution in [0.3, 0.4) is 0 Å². The van der Waals surface area contributed by atoms with E-state index in [0.717, 1.165) is 12.3 Å². The molecule has 0 saturated heterocycles. The monoisotopic (exact) mass is 275 g/mol. The van der Waals surface area contributed by atoms with E-state index >= 15 is 0 Å². The molecule has 1 N–H and O–H groups in total. The van der Waals surface area contributed by atoms with E-state index in [1.54, 1.807) is 0 Å². The van der Waals surface area contributed by atoms with Gasteiger partial charge in [-0.25, -0.2) is 0 Å². The van der Waals surface area contributed by atoms with E-state index in [9.17, 15) is 0 Å². The summed E-state index contributed by atoms with van der Waals surface area (Å²) < 4.78 is 11.2. The zero-order valence-corrected chi connectivity index (χ0v) is 12.4. The highest BCUT2D eigenvalue weighted by molar-refractivity contribution is 5.27. The molecule has 0 aliphatic heterocycles. The molecule has 2 rings (SSSR count). The van der Waals surface area contributed by atoms with Crippen LogP contribution in [0.1, 0.15) is 38.1 Å². The summed E-state index contributed by atoms with van der Waals surface area (Å²) in [6.45, 7) is 7.23. The van der Waals surface area contributed by atoms with E-state index in [-0.39, 0.29) is 12.0 Å². The van der Waals surface area contributed by atoms with Crippen molar-refractivity contribution in [1.29, 1.82) is 0 Å². The van der Waals surface area contributed by atoms with Gasteiger partial charge in [-0.05, 0) is 24.7 Å². The zero-order valence-electron chi connectivity index (χ0n) is 12.4. The molecule has 1 aromatic heterocycles. The van der Waals surface area contributed by atoms with Crippen LogP contribution in [0.4, 0.5) is 0 Å². The van der Waals surface area contributed by atoms with E-state index in [2.05, 4.69) is 15.5 Å². The molecule has 0 unspecified atom stereocenters. The van der Waals surface area contributed by atoms with E-state index in [0.29, 0.717) is 11.8 Å². The Labute approximate surface area is 119 Å². The maximum Gasteiger partial charge on any atom is 0.253 e. The third-order valence-corrected chi connectivity index (χ3v) is 2.78. The predicted molar refractivity (Wildman–Crippen MR) is 76.5 cm³/mol. The summed E-state index contributed by atoms with van der Waals surface area (Å²) in [5.41, 5.74) is 1.08. The highest BCUT2D eigenvalue weighted by Crippen LogP contribution is 2.21. The first-order valence-corrected chi connectivity index (χ1v) is 6.68. The van der Waals surface area contributed by atoms with Gasteiger partial charge in [0.15, 0.2) is 6.61 Å². The van der Waals surface area contributed by atoms with Crippen molar-refractivity contribution in [3.8, 4) is 5.75 Å². The Morgan fingerprint density at radius 3 is 2.40 bits per heavy atom. The Kier molecular flexibility index (Phi) is 4.39. The first-order valence-electron chi connectivity index (χ1n) is 6.68. The molecule has 0 fully saturated rings. The zero-order chi connectivity index (χ0) is 14.6. The van der Waals surface area contributed by atoms with Crippen LogP contribution in [-0.2, 0) is 18.6 Å². The molecule has 0 radical (unpaired) electrons. The lowest BCUT2D eigenvalue weighted by molar-refractivity contribution is 0.251. The number of hydrogen-bond acceptors (Lipinski definition) is 5. The number of benzene rings is 1. The van der Waals surface area contributed by atoms with Crippen LogP contribution < -0.4 is 10.1 Å². The Bertz CT molecular complexity index is 541. The van der Waals surface area contributed by atoms with Crippen LogP contribution in [0.15, 0.2) is 28.7 Å². The lowest BCUT2D eigenvalue weighted by Crippen LogP contribution is -2.11. The summed E-state index contributed by atoms with van der Waals surface area (Å²) in [5.74, 6) is 1.91. The quantitative estimate of drug-likeness (QED) is 0.909. The number of nitrogens with zero attached hydrogens (tertiary/aromatic N) is 2. The molecule has 0 bridgehead atoms. The molecule has 0 spiro atoms. The van der Waals surface area contributed by atoms with Gasteiger partial charge in [-0.2, -0.15) is 0 Å². The van der Waals surface area contributed by atoms with Gasteiger partial charge >= 0.3 is 0 Å². The number of ether oxygens (including phenoxy) is 1. The second kappa shape index (κ2) is 6.05. The van der Waals surface area contributed by atoms with Crippen molar-refractivity contribution in [2.75, 3.05) is 7.05 Å². The third-order valence-electron chi connectivity index (χ3n) is 2.78. The second-order valence-electron chi connectivity index (χ2n) is 5.71. The maximum atomic E-state index is 5.63. The number of nitrogens with one attached hydrogen (secondary N) is 1. The van der Waals surface area contributed by atoms with Gasteiger partial charge in [0.2, 0.25) is 5.89 Å². The lowest BCUT2D eigenvalue weighted by atomic mass is 9.97. The van der Waals surface area contributed by atoms with Crippen molar-refractivity contribution >= 4 is 0 Å². The number of rotatable bonds is 5. The molecule has 0 aliphatic rings. The van der Waals surface area contributed by atoms with Gasteiger partial charge in [0.05, 0.1) is 0 Å². The van der Waals surface area contributed by atoms with E-state index in [1.807, 2.05) is 52.1 Å². The third kappa shape index (κ3) is 3.81. The lowest BCUT2D eigenvalue weighted by Gasteiger charge is -2.11. The second-order valence-corrected chi connectivity index (χ2v) is 5.71. The highest BCUT2D eigenvalue weighted by atomic mass is 16.5. The standard InChI is InChI=1S/C15H21N3O2/c1-15(2,3)14-18-17-13(20-14)10-19-12-7-5-11(6-8-12)9-16-4/h5-8,16H,9-10H2,1-4H3. The first-order chi connectivity index (χ1) is 9.49. The fourth-order valence-electron chi connectivity index (χ4n) is 1.67. The largest absolute Gasteiger partial charge is 0.484 e. The number of aromatic nitrogens is 2. The van der Waals surface area contributed by atoms with Crippen molar-refractivity contribution in [3.05, 3.63) is 41.6 Å². The molecule has 0 saturated carbocycles. The molecule has 1 aromatic carbocycles. The molecule has 5 nitrogen and oxygen atoms in total. The maximum absolute atomic E-state index is 5.63. The molecule has 2 aromatic rings. The van der Waals surface area contributed by atoms with Crippen molar-refractivity contribution in [1.82, 2.24) is 15.5 Å². The van der Waals surface area contributed by atoms with Crippen LogP contribution in [0, 0.1) is 0 Å². The summed E-state index contributed by atoms with van der Waals surface area (Å²) >= 11 is 0.